The van der Waals surface area contributed by atoms with Crippen LogP contribution in [0.2, 0.25) is 5.02 Å². The molecular weight excluding hydrogens is 274 g/mol. The van der Waals surface area contributed by atoms with Gasteiger partial charge in [-0.2, -0.15) is 0 Å². The summed E-state index contributed by atoms with van der Waals surface area (Å²) in [7, 11) is -3.72. The number of phenolic OH excluding ortho intramolecular Hbond substituents is 1. The molecule has 18 heavy (non-hydrogen) atoms. The van der Waals surface area contributed by atoms with E-state index < -0.39 is 10.0 Å². The minimum Gasteiger partial charge on any atom is -0.508 e. The Morgan fingerprint density at radius 1 is 1.00 bits per heavy atom. The van der Waals surface area contributed by atoms with Crippen molar-refractivity contribution in [3.8, 4) is 5.75 Å². The van der Waals surface area contributed by atoms with E-state index in [0.717, 1.165) is 0 Å². The van der Waals surface area contributed by atoms with Crippen LogP contribution in [0.25, 0.3) is 0 Å². The van der Waals surface area contributed by atoms with Crippen LogP contribution in [0.1, 0.15) is 0 Å². The van der Waals surface area contributed by atoms with Crippen LogP contribution in [0.4, 0.5) is 5.69 Å². The number of benzene rings is 2. The summed E-state index contributed by atoms with van der Waals surface area (Å²) in [6, 6.07) is 11.9. The molecule has 4 nitrogen and oxygen atoms in total. The number of hydrogen-bond donors (Lipinski definition) is 2. The Kier molecular flexibility index (Phi) is 3.45. The minimum absolute atomic E-state index is 0.0136. The number of anilines is 1. The molecule has 0 saturated heterocycles. The third-order valence-corrected chi connectivity index (χ3v) is 4.13. The van der Waals surface area contributed by atoms with Crippen molar-refractivity contribution < 1.29 is 13.5 Å². The molecule has 6 heteroatoms. The van der Waals surface area contributed by atoms with E-state index in [1.807, 2.05) is 0 Å². The number of aromatic hydroxyl groups is 1. The first-order valence-electron chi connectivity index (χ1n) is 5.05. The van der Waals surface area contributed by atoms with E-state index in [4.69, 9.17) is 16.7 Å². The summed E-state index contributed by atoms with van der Waals surface area (Å²) < 4.78 is 26.5. The first kappa shape index (κ1) is 12.7. The molecule has 0 heterocycles. The Morgan fingerprint density at radius 3 is 2.22 bits per heavy atom. The molecule has 0 spiro atoms. The third kappa shape index (κ3) is 2.75. The molecule has 0 aliphatic heterocycles. The summed E-state index contributed by atoms with van der Waals surface area (Å²) in [6.07, 6.45) is 0. The summed E-state index contributed by atoms with van der Waals surface area (Å²) in [5.41, 5.74) is 0.354. The molecule has 0 aliphatic carbocycles. The van der Waals surface area contributed by atoms with E-state index in [-0.39, 0.29) is 15.7 Å². The molecule has 0 saturated carbocycles. The fourth-order valence-electron chi connectivity index (χ4n) is 1.40. The third-order valence-electron chi connectivity index (χ3n) is 2.25. The van der Waals surface area contributed by atoms with E-state index >= 15 is 0 Å². The summed E-state index contributed by atoms with van der Waals surface area (Å²) in [6.45, 7) is 0. The predicted octanol–water partition coefficient (Wildman–Crippen LogP) is 2.85. The van der Waals surface area contributed by atoms with Gasteiger partial charge >= 0.3 is 0 Å². The molecule has 0 unspecified atom stereocenters. The molecule has 0 fully saturated rings. The zero-order chi connectivity index (χ0) is 13.2. The van der Waals surface area contributed by atoms with Crippen molar-refractivity contribution in [2.24, 2.45) is 0 Å². The maximum atomic E-state index is 12.0. The Balaban J connectivity index is 2.33. The summed E-state index contributed by atoms with van der Waals surface area (Å²) in [5, 5.41) is 9.27. The lowest BCUT2D eigenvalue weighted by Crippen LogP contribution is -2.13. The maximum Gasteiger partial charge on any atom is 0.263 e. The van der Waals surface area contributed by atoms with Crippen LogP contribution in [0.15, 0.2) is 53.4 Å². The van der Waals surface area contributed by atoms with E-state index in [1.165, 1.54) is 36.4 Å². The standard InChI is InChI=1S/C12H10ClNO3S/c13-11-3-1-2-4-12(11)18(16,17)14-9-5-7-10(15)8-6-9/h1-8,14-15H. The highest BCUT2D eigenvalue weighted by Crippen LogP contribution is 2.23. The van der Waals surface area contributed by atoms with Crippen molar-refractivity contribution in [3.05, 3.63) is 53.6 Å². The Morgan fingerprint density at radius 2 is 1.61 bits per heavy atom. The SMILES string of the molecule is O=S(=O)(Nc1ccc(O)cc1)c1ccccc1Cl. The molecule has 2 aromatic carbocycles. The number of phenols is 1. The lowest BCUT2D eigenvalue weighted by molar-refractivity contribution is 0.475. The van der Waals surface area contributed by atoms with E-state index in [2.05, 4.69) is 4.72 Å². The Bertz CT molecular complexity index is 653. The van der Waals surface area contributed by atoms with Crippen LogP contribution in [-0.2, 0) is 10.0 Å². The fraction of sp³-hybridized carbons (Fsp3) is 0. The highest BCUT2D eigenvalue weighted by atomic mass is 35.5. The van der Waals surface area contributed by atoms with Gasteiger partial charge in [-0.05, 0) is 36.4 Å². The van der Waals surface area contributed by atoms with Crippen LogP contribution in [-0.4, -0.2) is 13.5 Å². The van der Waals surface area contributed by atoms with E-state index in [0.29, 0.717) is 5.69 Å². The number of sulfonamides is 1. The van der Waals surface area contributed by atoms with Crippen LogP contribution in [0.3, 0.4) is 0 Å². The van der Waals surface area contributed by atoms with Gasteiger partial charge in [0.05, 0.1) is 5.02 Å². The van der Waals surface area contributed by atoms with Gasteiger partial charge in [-0.1, -0.05) is 23.7 Å². The second-order valence-electron chi connectivity index (χ2n) is 3.58. The highest BCUT2D eigenvalue weighted by Gasteiger charge is 2.17. The van der Waals surface area contributed by atoms with Crippen LogP contribution >= 0.6 is 11.6 Å². The van der Waals surface area contributed by atoms with Crippen LogP contribution < -0.4 is 4.72 Å². The van der Waals surface area contributed by atoms with Crippen molar-refractivity contribution >= 4 is 27.3 Å². The van der Waals surface area contributed by atoms with E-state index in [9.17, 15) is 8.42 Å². The van der Waals surface area contributed by atoms with Gasteiger partial charge in [0, 0.05) is 5.69 Å². The topological polar surface area (TPSA) is 66.4 Å². The van der Waals surface area contributed by atoms with Gasteiger partial charge < -0.3 is 5.11 Å². The van der Waals surface area contributed by atoms with Crippen LogP contribution in [0.5, 0.6) is 5.75 Å². The van der Waals surface area contributed by atoms with Gasteiger partial charge in [-0.25, -0.2) is 8.42 Å². The normalized spacial score (nSPS) is 11.2. The second kappa shape index (κ2) is 4.88. The molecule has 0 bridgehead atoms. The van der Waals surface area contributed by atoms with Gasteiger partial charge in [0.15, 0.2) is 0 Å². The number of hydrogen-bond acceptors (Lipinski definition) is 3. The quantitative estimate of drug-likeness (QED) is 0.851. The molecule has 0 aromatic heterocycles. The van der Waals surface area contributed by atoms with Gasteiger partial charge in [-0.15, -0.1) is 0 Å². The van der Waals surface area contributed by atoms with Gasteiger partial charge in [0.2, 0.25) is 0 Å². The van der Waals surface area contributed by atoms with Crippen molar-refractivity contribution in [3.63, 3.8) is 0 Å². The Hall–Kier alpha value is -1.72. The average molecular weight is 284 g/mol. The van der Waals surface area contributed by atoms with Crippen molar-refractivity contribution in [1.82, 2.24) is 0 Å². The molecule has 0 amide bonds. The molecule has 0 radical (unpaired) electrons. The number of halogens is 1. The van der Waals surface area contributed by atoms with Gasteiger partial charge in [0.25, 0.3) is 10.0 Å². The largest absolute Gasteiger partial charge is 0.508 e. The molecule has 94 valence electrons. The molecular formula is C12H10ClNO3S. The second-order valence-corrected chi connectivity index (χ2v) is 5.64. The first-order valence-corrected chi connectivity index (χ1v) is 6.91. The molecule has 2 N–H and O–H groups in total. The lowest BCUT2D eigenvalue weighted by atomic mass is 10.3. The molecule has 2 rings (SSSR count). The Labute approximate surface area is 110 Å². The fourth-order valence-corrected chi connectivity index (χ4v) is 2.98. The summed E-state index contributed by atoms with van der Waals surface area (Å²) in [4.78, 5) is 0.0136. The summed E-state index contributed by atoms with van der Waals surface area (Å²) >= 11 is 5.84. The molecule has 0 atom stereocenters. The predicted molar refractivity (Wildman–Crippen MR) is 70.4 cm³/mol. The van der Waals surface area contributed by atoms with Crippen LogP contribution in [0, 0.1) is 0 Å². The number of nitrogens with one attached hydrogen (secondary N) is 1. The molecule has 0 aliphatic rings. The smallest absolute Gasteiger partial charge is 0.263 e. The van der Waals surface area contributed by atoms with Gasteiger partial charge in [0.1, 0.15) is 10.6 Å². The number of rotatable bonds is 3. The van der Waals surface area contributed by atoms with Crippen molar-refractivity contribution in [2.45, 2.75) is 4.90 Å². The van der Waals surface area contributed by atoms with E-state index in [1.54, 1.807) is 12.1 Å². The lowest BCUT2D eigenvalue weighted by Gasteiger charge is -2.09. The van der Waals surface area contributed by atoms with Gasteiger partial charge in [-0.3, -0.25) is 4.72 Å². The molecule has 2 aromatic rings. The zero-order valence-electron chi connectivity index (χ0n) is 9.17. The van der Waals surface area contributed by atoms with Crippen molar-refractivity contribution in [1.29, 1.82) is 0 Å². The maximum absolute atomic E-state index is 12.0. The van der Waals surface area contributed by atoms with Crippen molar-refractivity contribution in [2.75, 3.05) is 4.72 Å². The monoisotopic (exact) mass is 283 g/mol. The highest BCUT2D eigenvalue weighted by molar-refractivity contribution is 7.92. The minimum atomic E-state index is -3.72. The zero-order valence-corrected chi connectivity index (χ0v) is 10.7. The average Bonchev–Trinajstić information content (AvgIpc) is 2.32. The summed E-state index contributed by atoms with van der Waals surface area (Å²) in [5.74, 6) is 0.0655. The first-order chi connectivity index (χ1) is 8.49.